The quantitative estimate of drug-likeness (QED) is 0.887. The van der Waals surface area contributed by atoms with E-state index in [2.05, 4.69) is 25.8 Å². The smallest absolute Gasteiger partial charge is 0.351 e. The molecule has 1 aromatic heterocycles. The molecular weight excluding hydrogens is 340 g/mol. The monoisotopic (exact) mass is 365 g/mol. The molecule has 138 valence electrons. The van der Waals surface area contributed by atoms with Crippen molar-refractivity contribution in [3.8, 4) is 0 Å². The highest BCUT2D eigenvalue weighted by Crippen LogP contribution is 2.54. The summed E-state index contributed by atoms with van der Waals surface area (Å²) >= 11 is 0. The second-order valence-electron chi connectivity index (χ2n) is 7.25. The molecule has 0 radical (unpaired) electrons. The molecule has 9 heteroatoms. The number of aromatic nitrogens is 2. The van der Waals surface area contributed by atoms with Crippen molar-refractivity contribution in [3.05, 3.63) is 22.7 Å². The van der Waals surface area contributed by atoms with Crippen LogP contribution < -0.4 is 11.4 Å². The molecule has 0 saturated carbocycles. The number of ether oxygens (including phenoxy) is 1. The van der Waals surface area contributed by atoms with Gasteiger partial charge in [-0.05, 0) is 18.6 Å². The van der Waals surface area contributed by atoms with E-state index in [9.17, 15) is 13.6 Å². The molecule has 0 bridgehead atoms. The van der Waals surface area contributed by atoms with Crippen LogP contribution in [0.4, 0.5) is 14.6 Å². The first kappa shape index (κ1) is 19.1. The predicted molar refractivity (Wildman–Crippen MR) is 91.5 cm³/mol. The molecule has 1 aliphatic rings. The number of rotatable bonds is 4. The van der Waals surface area contributed by atoms with Gasteiger partial charge in [-0.25, -0.2) is 13.6 Å². The Labute approximate surface area is 141 Å². The van der Waals surface area contributed by atoms with Crippen molar-refractivity contribution in [2.24, 2.45) is 0 Å². The summed E-state index contributed by atoms with van der Waals surface area (Å²) in [5, 5.41) is 0. The van der Waals surface area contributed by atoms with Gasteiger partial charge in [0.05, 0.1) is 12.7 Å². The number of hydrogen-bond donors (Lipinski definition) is 1. The van der Waals surface area contributed by atoms with E-state index in [1.165, 1.54) is 12.3 Å². The lowest BCUT2D eigenvalue weighted by atomic mass is 10.2. The Bertz CT molecular complexity index is 658. The van der Waals surface area contributed by atoms with Crippen LogP contribution in [0.25, 0.3) is 0 Å². The SMILES string of the molecule is CC(C)(C)S(C)(C)OCC1CC(F)(F)[C@H](n2ccc(N)nc2=O)O1. The maximum absolute atomic E-state index is 14.3. The van der Waals surface area contributed by atoms with Crippen molar-refractivity contribution in [2.75, 3.05) is 24.9 Å². The van der Waals surface area contributed by atoms with Gasteiger partial charge < -0.3 is 14.7 Å². The molecule has 2 N–H and O–H groups in total. The zero-order chi connectivity index (χ0) is 18.3. The van der Waals surface area contributed by atoms with Gasteiger partial charge in [0.15, 0.2) is 0 Å². The normalized spacial score (nSPS) is 25.0. The Morgan fingerprint density at radius 1 is 1.50 bits per heavy atom. The third kappa shape index (κ3) is 3.89. The van der Waals surface area contributed by atoms with Gasteiger partial charge in [-0.1, -0.05) is 20.8 Å². The third-order valence-electron chi connectivity index (χ3n) is 4.31. The Hall–Kier alpha value is -1.19. The minimum absolute atomic E-state index is 0.0204. The lowest BCUT2D eigenvalue weighted by Gasteiger charge is -2.44. The molecule has 2 atom stereocenters. The lowest BCUT2D eigenvalue weighted by molar-refractivity contribution is -0.119. The summed E-state index contributed by atoms with van der Waals surface area (Å²) in [6.07, 6.45) is 2.17. The molecule has 0 aromatic carbocycles. The summed E-state index contributed by atoms with van der Waals surface area (Å²) in [7, 11) is -1.44. The molecule has 0 aliphatic carbocycles. The van der Waals surface area contributed by atoms with Crippen molar-refractivity contribution in [3.63, 3.8) is 0 Å². The molecule has 1 aliphatic heterocycles. The van der Waals surface area contributed by atoms with E-state index in [1.807, 2.05) is 12.5 Å². The van der Waals surface area contributed by atoms with Crippen LogP contribution in [0.5, 0.6) is 0 Å². The Morgan fingerprint density at radius 2 is 2.12 bits per heavy atom. The number of hydrogen-bond acceptors (Lipinski definition) is 5. The van der Waals surface area contributed by atoms with Gasteiger partial charge in [0.25, 0.3) is 5.92 Å². The first-order chi connectivity index (χ1) is 10.8. The van der Waals surface area contributed by atoms with Crippen LogP contribution in [0, 0.1) is 0 Å². The fourth-order valence-electron chi connectivity index (χ4n) is 2.13. The van der Waals surface area contributed by atoms with Crippen LogP contribution >= 0.6 is 10.3 Å². The maximum Gasteiger partial charge on any atom is 0.351 e. The topological polar surface area (TPSA) is 79.4 Å². The van der Waals surface area contributed by atoms with Gasteiger partial charge in [0.2, 0.25) is 6.23 Å². The molecule has 1 fully saturated rings. The van der Waals surface area contributed by atoms with Crippen LogP contribution in [0.2, 0.25) is 0 Å². The highest BCUT2D eigenvalue weighted by atomic mass is 32.3. The summed E-state index contributed by atoms with van der Waals surface area (Å²) in [6.45, 7) is 6.21. The Morgan fingerprint density at radius 3 is 2.67 bits per heavy atom. The predicted octanol–water partition coefficient (Wildman–Crippen LogP) is 2.54. The van der Waals surface area contributed by atoms with Crippen LogP contribution in [0.15, 0.2) is 17.1 Å². The standard InChI is InChI=1S/C15H25F2N3O3S/c1-14(2,3)24(4,5)22-9-10-8-15(16,17)12(23-10)20-7-6-11(18)19-13(20)21/h6-7,10,12H,8-9H2,1-5H3,(H2,18,19,21)/t10?,12-/m1/s1. The van der Waals surface area contributed by atoms with Gasteiger partial charge in [-0.3, -0.25) is 4.57 Å². The fraction of sp³-hybridized carbons (Fsp3) is 0.733. The lowest BCUT2D eigenvalue weighted by Crippen LogP contribution is -2.35. The van der Waals surface area contributed by atoms with Gasteiger partial charge in [0.1, 0.15) is 5.82 Å². The van der Waals surface area contributed by atoms with Crippen molar-refractivity contribution in [1.29, 1.82) is 0 Å². The van der Waals surface area contributed by atoms with Crippen molar-refractivity contribution >= 4 is 16.1 Å². The maximum atomic E-state index is 14.3. The van der Waals surface area contributed by atoms with Crippen molar-refractivity contribution < 1.29 is 17.7 Å². The average Bonchev–Trinajstić information content (AvgIpc) is 2.70. The second-order valence-corrected chi connectivity index (χ2v) is 11.2. The molecule has 6 nitrogen and oxygen atoms in total. The summed E-state index contributed by atoms with van der Waals surface area (Å²) in [5.74, 6) is -3.20. The fourth-order valence-corrected chi connectivity index (χ4v) is 2.97. The molecule has 1 aromatic rings. The van der Waals surface area contributed by atoms with E-state index >= 15 is 0 Å². The highest BCUT2D eigenvalue weighted by Gasteiger charge is 2.52. The minimum atomic E-state index is -3.18. The number of nitrogens with two attached hydrogens (primary N) is 1. The van der Waals surface area contributed by atoms with E-state index in [4.69, 9.17) is 14.7 Å². The second kappa shape index (κ2) is 6.27. The van der Waals surface area contributed by atoms with Crippen molar-refractivity contribution in [1.82, 2.24) is 9.55 Å². The van der Waals surface area contributed by atoms with Gasteiger partial charge in [-0.2, -0.15) is 4.98 Å². The Kier molecular flexibility index (Phi) is 5.00. The number of alkyl halides is 2. The van der Waals surface area contributed by atoms with E-state index in [1.54, 1.807) is 0 Å². The molecule has 2 rings (SSSR count). The number of nitrogens with zero attached hydrogens (tertiary/aromatic N) is 2. The van der Waals surface area contributed by atoms with E-state index in [0.717, 1.165) is 4.57 Å². The number of anilines is 1. The molecule has 24 heavy (non-hydrogen) atoms. The van der Waals surface area contributed by atoms with E-state index in [0.29, 0.717) is 0 Å². The summed E-state index contributed by atoms with van der Waals surface area (Å²) in [5.41, 5.74) is 4.53. The summed E-state index contributed by atoms with van der Waals surface area (Å²) in [6, 6.07) is 1.29. The van der Waals surface area contributed by atoms with Gasteiger partial charge >= 0.3 is 5.69 Å². The minimum Gasteiger partial charge on any atom is -0.383 e. The molecule has 1 saturated heterocycles. The number of halogens is 2. The molecular formula is C15H25F2N3O3S. The molecule has 0 amide bonds. The highest BCUT2D eigenvalue weighted by molar-refractivity contribution is 8.29. The van der Waals surface area contributed by atoms with E-state index in [-0.39, 0.29) is 17.2 Å². The van der Waals surface area contributed by atoms with E-state index < -0.39 is 40.7 Å². The third-order valence-corrected chi connectivity index (χ3v) is 7.98. The Balaban J connectivity index is 2.12. The molecule has 2 heterocycles. The zero-order valence-corrected chi connectivity index (χ0v) is 15.4. The molecule has 0 spiro atoms. The first-order valence-electron chi connectivity index (χ1n) is 7.59. The van der Waals surface area contributed by atoms with Gasteiger partial charge in [0, 0.05) is 17.4 Å². The summed E-state index contributed by atoms with van der Waals surface area (Å²) in [4.78, 5) is 15.3. The first-order valence-corrected chi connectivity index (χ1v) is 9.96. The molecule has 1 unspecified atom stereocenters. The largest absolute Gasteiger partial charge is 0.383 e. The number of nitrogen functional groups attached to an aromatic ring is 1. The van der Waals surface area contributed by atoms with Crippen LogP contribution in [-0.2, 0) is 8.92 Å². The van der Waals surface area contributed by atoms with Crippen LogP contribution in [0.3, 0.4) is 0 Å². The van der Waals surface area contributed by atoms with Crippen molar-refractivity contribution in [2.45, 2.75) is 50.2 Å². The zero-order valence-electron chi connectivity index (χ0n) is 14.6. The van der Waals surface area contributed by atoms with Crippen LogP contribution in [0.1, 0.15) is 33.4 Å². The average molecular weight is 365 g/mol. The van der Waals surface area contributed by atoms with Crippen LogP contribution in [-0.4, -0.2) is 45.4 Å². The van der Waals surface area contributed by atoms with Gasteiger partial charge in [-0.15, -0.1) is 10.3 Å². The summed E-state index contributed by atoms with van der Waals surface area (Å²) < 4.78 is 40.6.